The van der Waals surface area contributed by atoms with Crippen molar-refractivity contribution in [1.82, 2.24) is 10.6 Å². The number of fused-ring (bicyclic) bond motifs is 3. The van der Waals surface area contributed by atoms with E-state index in [0.29, 0.717) is 6.92 Å². The molecule has 2 amide bonds. The topological polar surface area (TPSA) is 105 Å². The number of alkyl halides is 3. The van der Waals surface area contributed by atoms with Crippen LogP contribution in [0.1, 0.15) is 37.3 Å². The van der Waals surface area contributed by atoms with Gasteiger partial charge in [0, 0.05) is 5.92 Å². The molecule has 10 heteroatoms. The monoisotopic (exact) mass is 464 g/mol. The Morgan fingerprint density at radius 1 is 1.03 bits per heavy atom. The molecule has 1 unspecified atom stereocenters. The smallest absolute Gasteiger partial charge is 0.420 e. The summed E-state index contributed by atoms with van der Waals surface area (Å²) in [4.78, 5) is 35.8. The van der Waals surface area contributed by atoms with Crippen LogP contribution < -0.4 is 10.6 Å². The van der Waals surface area contributed by atoms with Crippen LogP contribution in [0.3, 0.4) is 0 Å². The Balaban J connectivity index is 1.75. The third-order valence-electron chi connectivity index (χ3n) is 5.73. The van der Waals surface area contributed by atoms with Crippen LogP contribution in [0.5, 0.6) is 0 Å². The highest BCUT2D eigenvalue weighted by molar-refractivity contribution is 5.93. The standard InChI is InChI=1S/C23H23F3N2O5/c1-3-18(19(29)30)27-20(31)22(2,23(24,25)26)28-21(32)33-12-17-15-10-6-4-8-13(15)14-9-5-7-11-16(14)17/h4-11,17-18H,3,12H2,1-2H3,(H,27,31)(H,28,32)(H,29,30)/t18-,22?/m1/s1. The van der Waals surface area contributed by atoms with Crippen molar-refractivity contribution < 1.29 is 37.4 Å². The summed E-state index contributed by atoms with van der Waals surface area (Å²) < 4.78 is 46.3. The first-order valence-electron chi connectivity index (χ1n) is 10.2. The highest BCUT2D eigenvalue weighted by Gasteiger charge is 2.58. The molecule has 176 valence electrons. The quantitative estimate of drug-likeness (QED) is 0.578. The summed E-state index contributed by atoms with van der Waals surface area (Å²) in [6.45, 7) is 1.60. The first-order valence-corrected chi connectivity index (χ1v) is 10.2. The number of hydrogen-bond donors (Lipinski definition) is 3. The number of carboxylic acids is 1. The first-order chi connectivity index (χ1) is 15.5. The normalized spacial score (nSPS) is 15.5. The summed E-state index contributed by atoms with van der Waals surface area (Å²) in [5, 5.41) is 12.4. The Labute approximate surface area is 187 Å². The number of alkyl carbamates (subject to hydrolysis) is 1. The molecule has 0 aliphatic heterocycles. The summed E-state index contributed by atoms with van der Waals surface area (Å²) >= 11 is 0. The molecule has 0 fully saturated rings. The predicted molar refractivity (Wildman–Crippen MR) is 113 cm³/mol. The van der Waals surface area contributed by atoms with Crippen LogP contribution in [0.2, 0.25) is 0 Å². The van der Waals surface area contributed by atoms with Gasteiger partial charge in [0.25, 0.3) is 5.91 Å². The van der Waals surface area contributed by atoms with Gasteiger partial charge in [0.1, 0.15) is 12.6 Å². The average Bonchev–Trinajstić information content (AvgIpc) is 3.08. The van der Waals surface area contributed by atoms with E-state index in [2.05, 4.69) is 0 Å². The van der Waals surface area contributed by atoms with Gasteiger partial charge in [-0.2, -0.15) is 13.2 Å². The lowest BCUT2D eigenvalue weighted by atomic mass is 9.98. The van der Waals surface area contributed by atoms with Crippen molar-refractivity contribution in [2.24, 2.45) is 0 Å². The summed E-state index contributed by atoms with van der Waals surface area (Å²) in [7, 11) is 0. The number of benzene rings is 2. The van der Waals surface area contributed by atoms with Crippen LogP contribution in [0.4, 0.5) is 18.0 Å². The fraction of sp³-hybridized carbons (Fsp3) is 0.348. The fourth-order valence-corrected chi connectivity index (χ4v) is 3.74. The Kier molecular flexibility index (Phi) is 6.66. The maximum Gasteiger partial charge on any atom is 0.420 e. The number of carboxylic acid groups (broad SMARTS) is 1. The van der Waals surface area contributed by atoms with Crippen LogP contribution in [0.15, 0.2) is 48.5 Å². The Hall–Kier alpha value is -3.56. The van der Waals surface area contributed by atoms with Gasteiger partial charge in [0.15, 0.2) is 0 Å². The predicted octanol–water partition coefficient (Wildman–Crippen LogP) is 3.83. The summed E-state index contributed by atoms with van der Waals surface area (Å²) in [5.74, 6) is -3.57. The Morgan fingerprint density at radius 3 is 2.00 bits per heavy atom. The van der Waals surface area contributed by atoms with E-state index in [0.717, 1.165) is 22.3 Å². The van der Waals surface area contributed by atoms with Gasteiger partial charge in [-0.25, -0.2) is 9.59 Å². The lowest BCUT2D eigenvalue weighted by Crippen LogP contribution is -2.66. The van der Waals surface area contributed by atoms with Crippen molar-refractivity contribution >= 4 is 18.0 Å². The van der Waals surface area contributed by atoms with Crippen LogP contribution >= 0.6 is 0 Å². The van der Waals surface area contributed by atoms with Gasteiger partial charge in [-0.3, -0.25) is 10.1 Å². The molecule has 0 bridgehead atoms. The maximum absolute atomic E-state index is 13.7. The van der Waals surface area contributed by atoms with Crippen molar-refractivity contribution in [2.45, 2.75) is 43.9 Å². The number of carbonyl (C=O) groups excluding carboxylic acids is 2. The second-order valence-electron chi connectivity index (χ2n) is 7.85. The molecule has 0 spiro atoms. The van der Waals surface area contributed by atoms with Crippen LogP contribution in [-0.2, 0) is 14.3 Å². The van der Waals surface area contributed by atoms with Gasteiger partial charge in [0.2, 0.25) is 5.54 Å². The number of carbonyl (C=O) groups is 3. The molecule has 3 N–H and O–H groups in total. The largest absolute Gasteiger partial charge is 0.480 e. The number of aliphatic carboxylic acids is 1. The van der Waals surface area contributed by atoms with Crippen LogP contribution in [-0.4, -0.2) is 47.4 Å². The van der Waals surface area contributed by atoms with Gasteiger partial charge >= 0.3 is 18.2 Å². The molecule has 0 aromatic heterocycles. The highest BCUT2D eigenvalue weighted by Crippen LogP contribution is 2.44. The molecular formula is C23H23F3N2O5. The second kappa shape index (κ2) is 9.13. The Bertz CT molecular complexity index is 1030. The molecule has 1 aliphatic carbocycles. The summed E-state index contributed by atoms with van der Waals surface area (Å²) in [6.07, 6.45) is -6.80. The van der Waals surface area contributed by atoms with Crippen molar-refractivity contribution in [3.8, 4) is 11.1 Å². The van der Waals surface area contributed by atoms with E-state index in [-0.39, 0.29) is 18.9 Å². The molecule has 2 aromatic rings. The SMILES string of the molecule is CC[C@@H](NC(=O)C(C)(NC(=O)OCC1c2ccccc2-c2ccccc21)C(F)(F)F)C(=O)O. The highest BCUT2D eigenvalue weighted by atomic mass is 19.4. The van der Waals surface area contributed by atoms with Gasteiger partial charge < -0.3 is 15.2 Å². The molecule has 7 nitrogen and oxygen atoms in total. The zero-order chi connectivity index (χ0) is 24.4. The zero-order valence-corrected chi connectivity index (χ0v) is 17.9. The van der Waals surface area contributed by atoms with Gasteiger partial charge in [-0.1, -0.05) is 55.5 Å². The molecule has 0 saturated heterocycles. The molecule has 0 saturated carbocycles. The third-order valence-corrected chi connectivity index (χ3v) is 5.73. The molecule has 0 heterocycles. The third kappa shape index (κ3) is 4.64. The molecule has 33 heavy (non-hydrogen) atoms. The lowest BCUT2D eigenvalue weighted by molar-refractivity contribution is -0.195. The molecule has 0 radical (unpaired) electrons. The fourth-order valence-electron chi connectivity index (χ4n) is 3.74. The van der Waals surface area contributed by atoms with Crippen molar-refractivity contribution in [3.63, 3.8) is 0 Å². The number of rotatable bonds is 7. The van der Waals surface area contributed by atoms with E-state index in [1.165, 1.54) is 6.92 Å². The maximum atomic E-state index is 13.7. The van der Waals surface area contributed by atoms with Crippen molar-refractivity contribution in [3.05, 3.63) is 59.7 Å². The minimum Gasteiger partial charge on any atom is -0.480 e. The number of halogens is 3. The van der Waals surface area contributed by atoms with E-state index >= 15 is 0 Å². The van der Waals surface area contributed by atoms with E-state index in [1.807, 2.05) is 53.8 Å². The van der Waals surface area contributed by atoms with E-state index < -0.39 is 35.7 Å². The molecule has 1 aliphatic rings. The zero-order valence-electron chi connectivity index (χ0n) is 17.9. The average molecular weight is 464 g/mol. The number of amides is 2. The van der Waals surface area contributed by atoms with Gasteiger partial charge in [0.05, 0.1) is 0 Å². The van der Waals surface area contributed by atoms with E-state index in [4.69, 9.17) is 9.84 Å². The lowest BCUT2D eigenvalue weighted by Gasteiger charge is -2.32. The van der Waals surface area contributed by atoms with Crippen molar-refractivity contribution in [2.75, 3.05) is 6.61 Å². The first kappa shape index (κ1) is 24.1. The molecule has 3 rings (SSSR count). The number of nitrogens with one attached hydrogen (secondary N) is 2. The Morgan fingerprint density at radius 2 is 1.55 bits per heavy atom. The minimum absolute atomic E-state index is 0.139. The molecule has 2 aromatic carbocycles. The summed E-state index contributed by atoms with van der Waals surface area (Å²) in [6, 6.07) is 13.3. The van der Waals surface area contributed by atoms with Crippen LogP contribution in [0, 0.1) is 0 Å². The van der Waals surface area contributed by atoms with Gasteiger partial charge in [-0.15, -0.1) is 0 Å². The van der Waals surface area contributed by atoms with Crippen LogP contribution in [0.25, 0.3) is 11.1 Å². The second-order valence-corrected chi connectivity index (χ2v) is 7.85. The minimum atomic E-state index is -5.21. The number of ether oxygens (including phenoxy) is 1. The number of hydrogen-bond acceptors (Lipinski definition) is 4. The van der Waals surface area contributed by atoms with Gasteiger partial charge in [-0.05, 0) is 35.6 Å². The van der Waals surface area contributed by atoms with Crippen molar-refractivity contribution in [1.29, 1.82) is 0 Å². The molecule has 2 atom stereocenters. The summed E-state index contributed by atoms with van der Waals surface area (Å²) in [5.41, 5.74) is 0.241. The van der Waals surface area contributed by atoms with E-state index in [9.17, 15) is 27.6 Å². The molecular weight excluding hydrogens is 441 g/mol. The van der Waals surface area contributed by atoms with E-state index in [1.54, 1.807) is 5.32 Å².